The van der Waals surface area contributed by atoms with Gasteiger partial charge in [0.15, 0.2) is 0 Å². The number of likely N-dealkylation sites (tertiary alicyclic amines) is 1. The van der Waals surface area contributed by atoms with Gasteiger partial charge >= 0.3 is 0 Å². The molecule has 1 fully saturated rings. The lowest BCUT2D eigenvalue weighted by molar-refractivity contribution is -0.131. The van der Waals surface area contributed by atoms with Gasteiger partial charge in [0.05, 0.1) is 29.0 Å². The molecule has 8 nitrogen and oxygen atoms in total. The molecule has 1 unspecified atom stereocenters. The fourth-order valence-electron chi connectivity index (χ4n) is 3.88. The summed E-state index contributed by atoms with van der Waals surface area (Å²) in [6.45, 7) is 6.23. The van der Waals surface area contributed by atoms with Crippen molar-refractivity contribution >= 4 is 28.4 Å². The van der Waals surface area contributed by atoms with Crippen LogP contribution in [0.1, 0.15) is 17.5 Å². The first-order valence-electron chi connectivity index (χ1n) is 11.2. The van der Waals surface area contributed by atoms with Gasteiger partial charge in [-0.2, -0.15) is 0 Å². The highest BCUT2D eigenvalue weighted by Gasteiger charge is 2.29. The Morgan fingerprint density at radius 3 is 2.91 bits per heavy atom. The molecule has 2 aromatic heterocycles. The number of nitrogens with zero attached hydrogens (tertiary/aromatic N) is 5. The molecule has 0 saturated carbocycles. The highest BCUT2D eigenvalue weighted by Crippen LogP contribution is 2.30. The number of nitrogens with one attached hydrogen (secondary N) is 1. The van der Waals surface area contributed by atoms with Gasteiger partial charge in [-0.15, -0.1) is 0 Å². The van der Waals surface area contributed by atoms with E-state index < -0.39 is 0 Å². The summed E-state index contributed by atoms with van der Waals surface area (Å²) in [5, 5.41) is 3.32. The van der Waals surface area contributed by atoms with Crippen molar-refractivity contribution in [1.29, 1.82) is 0 Å². The zero-order valence-corrected chi connectivity index (χ0v) is 19.5. The first-order chi connectivity index (χ1) is 17.0. The van der Waals surface area contributed by atoms with E-state index in [1.165, 1.54) is 12.4 Å². The van der Waals surface area contributed by atoms with E-state index in [1.807, 2.05) is 54.9 Å². The minimum Gasteiger partial charge on any atom is -0.457 e. The number of aryl methyl sites for hydroxylation is 2. The van der Waals surface area contributed by atoms with Crippen molar-refractivity contribution in [2.75, 3.05) is 11.9 Å². The monoisotopic (exact) mass is 464 g/mol. The van der Waals surface area contributed by atoms with Crippen LogP contribution in [0.4, 0.5) is 11.5 Å². The molecule has 2 aromatic carbocycles. The molecule has 1 atom stereocenters. The summed E-state index contributed by atoms with van der Waals surface area (Å²) in [6.07, 6.45) is 7.09. The quantitative estimate of drug-likeness (QED) is 0.349. The number of fused-ring (bicyclic) bond motifs is 1. The molecule has 0 spiro atoms. The summed E-state index contributed by atoms with van der Waals surface area (Å²) >= 11 is 0. The van der Waals surface area contributed by atoms with Gasteiger partial charge in [0, 0.05) is 31.5 Å². The van der Waals surface area contributed by atoms with Crippen LogP contribution in [0.2, 0.25) is 0 Å². The molecule has 1 N–H and O–H groups in total. The van der Waals surface area contributed by atoms with E-state index in [2.05, 4.69) is 38.7 Å². The van der Waals surface area contributed by atoms with Crippen molar-refractivity contribution in [2.45, 2.75) is 19.4 Å². The molecule has 1 aliphatic rings. The number of amides is 1. The fraction of sp³-hybridized carbons (Fsp3) is 0.185. The van der Waals surface area contributed by atoms with Crippen molar-refractivity contribution in [1.82, 2.24) is 24.4 Å². The van der Waals surface area contributed by atoms with Crippen LogP contribution < -0.4 is 10.1 Å². The minimum atomic E-state index is -0.113. The van der Waals surface area contributed by atoms with Crippen LogP contribution in [0.15, 0.2) is 67.9 Å². The second-order valence-corrected chi connectivity index (χ2v) is 8.31. The average Bonchev–Trinajstić information content (AvgIpc) is 3.21. The molecule has 3 heterocycles. The summed E-state index contributed by atoms with van der Waals surface area (Å²) in [5.74, 6) is 8.25. The standard InChI is InChI=1S/C27H24N6O2/c1-4-26(34)33-12-11-21(33)7-5-19-15-28-16-29-27(19)31-20-6-10-25(18(2)13-20)35-22-8-9-24-23(14-22)30-17-32(24)3/h4,6,8-10,13-17,21H,1,11-12H2,2-3H3,(H,28,29,31). The first-order valence-corrected chi connectivity index (χ1v) is 11.2. The molecule has 0 aliphatic carbocycles. The number of carbonyl (C=O) groups excluding carboxylic acids is 1. The molecule has 0 radical (unpaired) electrons. The van der Waals surface area contributed by atoms with E-state index in [4.69, 9.17) is 4.74 Å². The normalized spacial score (nSPS) is 14.6. The van der Waals surface area contributed by atoms with E-state index in [1.54, 1.807) is 17.4 Å². The molecule has 1 aliphatic heterocycles. The van der Waals surface area contributed by atoms with Crippen LogP contribution in [-0.4, -0.2) is 42.9 Å². The zero-order chi connectivity index (χ0) is 24.4. The number of hydrogen-bond acceptors (Lipinski definition) is 6. The number of benzene rings is 2. The van der Waals surface area contributed by atoms with E-state index in [0.717, 1.165) is 40.2 Å². The van der Waals surface area contributed by atoms with Crippen LogP contribution in [0.3, 0.4) is 0 Å². The van der Waals surface area contributed by atoms with Gasteiger partial charge in [-0.25, -0.2) is 15.0 Å². The van der Waals surface area contributed by atoms with Gasteiger partial charge in [-0.1, -0.05) is 18.4 Å². The zero-order valence-electron chi connectivity index (χ0n) is 19.5. The molecular formula is C27H24N6O2. The van der Waals surface area contributed by atoms with E-state index >= 15 is 0 Å². The molecule has 174 valence electrons. The lowest BCUT2D eigenvalue weighted by Crippen LogP contribution is -2.49. The summed E-state index contributed by atoms with van der Waals surface area (Å²) in [6, 6.07) is 11.6. The molecule has 1 amide bonds. The van der Waals surface area contributed by atoms with Gasteiger partial charge in [0.25, 0.3) is 0 Å². The van der Waals surface area contributed by atoms with Gasteiger partial charge in [-0.3, -0.25) is 4.79 Å². The number of ether oxygens (including phenoxy) is 1. The Kier molecular flexibility index (Phi) is 5.90. The van der Waals surface area contributed by atoms with Crippen molar-refractivity contribution in [2.24, 2.45) is 7.05 Å². The topological polar surface area (TPSA) is 85.2 Å². The number of imidazole rings is 1. The summed E-state index contributed by atoms with van der Waals surface area (Å²) in [4.78, 5) is 26.4. The van der Waals surface area contributed by atoms with Gasteiger partial charge < -0.3 is 19.5 Å². The Morgan fingerprint density at radius 1 is 1.26 bits per heavy atom. The number of aromatic nitrogens is 4. The maximum Gasteiger partial charge on any atom is 0.246 e. The van der Waals surface area contributed by atoms with Crippen molar-refractivity contribution in [3.05, 3.63) is 79.0 Å². The Morgan fingerprint density at radius 2 is 2.14 bits per heavy atom. The van der Waals surface area contributed by atoms with Gasteiger partial charge in [-0.05, 0) is 55.3 Å². The van der Waals surface area contributed by atoms with Crippen LogP contribution in [0, 0.1) is 18.8 Å². The van der Waals surface area contributed by atoms with Crippen molar-refractivity contribution in [3.63, 3.8) is 0 Å². The summed E-state index contributed by atoms with van der Waals surface area (Å²) < 4.78 is 8.09. The minimum absolute atomic E-state index is 0.101. The Labute approximate surface area is 203 Å². The highest BCUT2D eigenvalue weighted by molar-refractivity contribution is 5.88. The predicted octanol–water partition coefficient (Wildman–Crippen LogP) is 4.35. The summed E-state index contributed by atoms with van der Waals surface area (Å²) in [7, 11) is 1.96. The number of carbonyl (C=O) groups is 1. The molecule has 1 saturated heterocycles. The maximum absolute atomic E-state index is 11.8. The van der Waals surface area contributed by atoms with E-state index in [9.17, 15) is 4.79 Å². The van der Waals surface area contributed by atoms with Gasteiger partial charge in [0.1, 0.15) is 23.6 Å². The predicted molar refractivity (Wildman–Crippen MR) is 134 cm³/mol. The third kappa shape index (κ3) is 4.57. The third-order valence-electron chi connectivity index (χ3n) is 5.93. The largest absolute Gasteiger partial charge is 0.457 e. The first kappa shape index (κ1) is 22.2. The molecule has 4 aromatic rings. The van der Waals surface area contributed by atoms with Crippen LogP contribution >= 0.6 is 0 Å². The van der Waals surface area contributed by atoms with Crippen molar-refractivity contribution in [3.8, 4) is 23.3 Å². The SMILES string of the molecule is C=CC(=O)N1CCC1C#Cc1cncnc1Nc1ccc(Oc2ccc3c(c2)ncn3C)c(C)c1. The molecule has 5 rings (SSSR count). The van der Waals surface area contributed by atoms with Crippen LogP contribution in [-0.2, 0) is 11.8 Å². The molecule has 8 heteroatoms. The second kappa shape index (κ2) is 9.31. The maximum atomic E-state index is 11.8. The molecule has 35 heavy (non-hydrogen) atoms. The number of rotatable bonds is 5. The molecular weight excluding hydrogens is 440 g/mol. The van der Waals surface area contributed by atoms with Crippen LogP contribution in [0.5, 0.6) is 11.5 Å². The van der Waals surface area contributed by atoms with Gasteiger partial charge in [0.2, 0.25) is 5.91 Å². The van der Waals surface area contributed by atoms with Crippen molar-refractivity contribution < 1.29 is 9.53 Å². The Hall–Kier alpha value is -4.64. The number of hydrogen-bond donors (Lipinski definition) is 1. The van der Waals surface area contributed by atoms with E-state index in [-0.39, 0.29) is 11.9 Å². The molecule has 0 bridgehead atoms. The highest BCUT2D eigenvalue weighted by atomic mass is 16.5. The Bertz CT molecular complexity index is 1500. The smallest absolute Gasteiger partial charge is 0.246 e. The van der Waals surface area contributed by atoms with E-state index in [0.29, 0.717) is 17.9 Å². The fourth-order valence-corrected chi connectivity index (χ4v) is 3.88. The van der Waals surface area contributed by atoms with Crippen LogP contribution in [0.25, 0.3) is 11.0 Å². The Balaban J connectivity index is 1.31. The lowest BCUT2D eigenvalue weighted by atomic mass is 10.0. The second-order valence-electron chi connectivity index (χ2n) is 8.31. The number of anilines is 2. The average molecular weight is 465 g/mol. The lowest BCUT2D eigenvalue weighted by Gasteiger charge is -2.36. The summed E-state index contributed by atoms with van der Waals surface area (Å²) in [5.41, 5.74) is 4.41. The third-order valence-corrected chi connectivity index (χ3v) is 5.93.